The van der Waals surface area contributed by atoms with Crippen LogP contribution in [0.25, 0.3) is 0 Å². The summed E-state index contributed by atoms with van der Waals surface area (Å²) in [6.07, 6.45) is 6.28. The fourth-order valence-electron chi connectivity index (χ4n) is 2.56. The Morgan fingerprint density at radius 2 is 2.14 bits per heavy atom. The fraction of sp³-hybridized carbons (Fsp3) is 0.588. The fourth-order valence-corrected chi connectivity index (χ4v) is 2.56. The van der Waals surface area contributed by atoms with Gasteiger partial charge in [0.25, 0.3) is 0 Å². The molecule has 2 aliphatic rings. The van der Waals surface area contributed by atoms with Gasteiger partial charge >= 0.3 is 0 Å². The largest absolute Gasteiger partial charge is 0.491 e. The Balaban J connectivity index is 1.49. The van der Waals surface area contributed by atoms with Crippen LogP contribution < -0.4 is 10.1 Å². The number of carbonyl (C=O) groups excluding carboxylic acids is 1. The highest BCUT2D eigenvalue weighted by atomic mass is 16.5. The minimum atomic E-state index is 0.0352. The molecule has 21 heavy (non-hydrogen) atoms. The van der Waals surface area contributed by atoms with Crippen LogP contribution in [0.5, 0.6) is 5.75 Å². The number of benzene rings is 1. The van der Waals surface area contributed by atoms with Crippen LogP contribution in [0, 0.1) is 5.92 Å². The summed E-state index contributed by atoms with van der Waals surface area (Å²) in [5.74, 6) is 1.51. The monoisotopic (exact) mass is 289 g/mol. The molecular weight excluding hydrogens is 266 g/mol. The van der Waals surface area contributed by atoms with Gasteiger partial charge in [-0.05, 0) is 50.2 Å². The average Bonchev–Trinajstić information content (AvgIpc) is 3.18. The first kappa shape index (κ1) is 14.4. The molecule has 1 aromatic rings. The molecule has 4 heteroatoms. The van der Waals surface area contributed by atoms with Gasteiger partial charge in [-0.25, -0.2) is 0 Å². The third kappa shape index (κ3) is 4.46. The summed E-state index contributed by atoms with van der Waals surface area (Å²) in [6.45, 7) is 1.59. The van der Waals surface area contributed by atoms with Crippen molar-refractivity contribution in [3.63, 3.8) is 0 Å². The van der Waals surface area contributed by atoms with Crippen molar-refractivity contribution >= 4 is 11.6 Å². The van der Waals surface area contributed by atoms with Crippen LogP contribution in [0.1, 0.15) is 38.5 Å². The Morgan fingerprint density at radius 1 is 1.29 bits per heavy atom. The summed E-state index contributed by atoms with van der Waals surface area (Å²) >= 11 is 0. The number of carbonyl (C=O) groups is 1. The predicted molar refractivity (Wildman–Crippen MR) is 81.5 cm³/mol. The van der Waals surface area contributed by atoms with Crippen LogP contribution in [0.15, 0.2) is 24.3 Å². The van der Waals surface area contributed by atoms with Crippen molar-refractivity contribution in [2.75, 3.05) is 18.5 Å². The molecule has 1 aromatic carbocycles. The highest BCUT2D eigenvalue weighted by Gasteiger charge is 2.22. The number of nitrogens with one attached hydrogen (secondary N) is 1. The molecule has 1 aliphatic heterocycles. The Bertz CT molecular complexity index is 479. The van der Waals surface area contributed by atoms with E-state index in [-0.39, 0.29) is 12.0 Å². The smallest absolute Gasteiger partial charge is 0.224 e. The highest BCUT2D eigenvalue weighted by Crippen LogP contribution is 2.31. The molecule has 0 aromatic heterocycles. The lowest BCUT2D eigenvalue weighted by Gasteiger charge is -2.13. The molecule has 1 atom stereocenters. The third-order valence-corrected chi connectivity index (χ3v) is 4.05. The Labute approximate surface area is 125 Å². The topological polar surface area (TPSA) is 47.6 Å². The van der Waals surface area contributed by atoms with E-state index in [2.05, 4.69) is 5.32 Å². The summed E-state index contributed by atoms with van der Waals surface area (Å²) in [5.41, 5.74) is 0.774. The number of rotatable bonds is 7. The Kier molecular flexibility index (Phi) is 4.76. The van der Waals surface area contributed by atoms with Gasteiger partial charge in [0.15, 0.2) is 0 Å². The van der Waals surface area contributed by atoms with Crippen LogP contribution in [0.3, 0.4) is 0 Å². The van der Waals surface area contributed by atoms with E-state index < -0.39 is 0 Å². The standard InChI is InChI=1S/C17H23NO3/c19-17(10-9-14-4-3-11-20-14)18-15-5-1-2-6-16(15)21-12-13-7-8-13/h1-2,5-6,13-14H,3-4,7-12H2,(H,18,19)/t14-/m1/s1. The molecule has 2 fully saturated rings. The van der Waals surface area contributed by atoms with E-state index in [1.165, 1.54) is 12.8 Å². The van der Waals surface area contributed by atoms with Gasteiger partial charge in [-0.15, -0.1) is 0 Å². The lowest BCUT2D eigenvalue weighted by Crippen LogP contribution is -2.16. The lowest BCUT2D eigenvalue weighted by atomic mass is 10.1. The Hall–Kier alpha value is -1.55. The van der Waals surface area contributed by atoms with Gasteiger partial charge in [0.1, 0.15) is 5.75 Å². The molecule has 0 spiro atoms. The number of para-hydroxylation sites is 2. The number of ether oxygens (including phenoxy) is 2. The highest BCUT2D eigenvalue weighted by molar-refractivity contribution is 5.92. The van der Waals surface area contributed by atoms with E-state index in [0.29, 0.717) is 12.3 Å². The summed E-state index contributed by atoms with van der Waals surface area (Å²) in [5, 5.41) is 2.96. The van der Waals surface area contributed by atoms with Gasteiger partial charge in [0.2, 0.25) is 5.91 Å². The van der Waals surface area contributed by atoms with Gasteiger partial charge < -0.3 is 14.8 Å². The maximum Gasteiger partial charge on any atom is 0.224 e. The van der Waals surface area contributed by atoms with Gasteiger partial charge in [0, 0.05) is 13.0 Å². The van der Waals surface area contributed by atoms with Crippen LogP contribution in [-0.2, 0) is 9.53 Å². The second-order valence-electron chi connectivity index (χ2n) is 5.97. The number of anilines is 1. The third-order valence-electron chi connectivity index (χ3n) is 4.05. The number of hydrogen-bond donors (Lipinski definition) is 1. The molecule has 4 nitrogen and oxygen atoms in total. The molecule has 1 aliphatic carbocycles. The molecule has 1 saturated carbocycles. The van der Waals surface area contributed by atoms with Crippen molar-refractivity contribution in [2.45, 2.75) is 44.6 Å². The minimum absolute atomic E-state index is 0.0352. The SMILES string of the molecule is O=C(CC[C@H]1CCCO1)Nc1ccccc1OCC1CC1. The normalized spacial score (nSPS) is 21.2. The van der Waals surface area contributed by atoms with Crippen LogP contribution in [0.2, 0.25) is 0 Å². The molecule has 1 saturated heterocycles. The van der Waals surface area contributed by atoms with Crippen molar-refractivity contribution < 1.29 is 14.3 Å². The first-order valence-electron chi connectivity index (χ1n) is 7.94. The van der Waals surface area contributed by atoms with E-state index in [1.807, 2.05) is 24.3 Å². The molecule has 114 valence electrons. The minimum Gasteiger partial charge on any atom is -0.491 e. The summed E-state index contributed by atoms with van der Waals surface area (Å²) < 4.78 is 11.3. The molecule has 3 rings (SSSR count). The predicted octanol–water partition coefficient (Wildman–Crippen LogP) is 3.37. The van der Waals surface area contributed by atoms with Crippen LogP contribution >= 0.6 is 0 Å². The quantitative estimate of drug-likeness (QED) is 0.837. The van der Waals surface area contributed by atoms with Crippen molar-refractivity contribution in [3.8, 4) is 5.75 Å². The average molecular weight is 289 g/mol. The maximum absolute atomic E-state index is 12.0. The van der Waals surface area contributed by atoms with Crippen LogP contribution in [-0.4, -0.2) is 25.2 Å². The van der Waals surface area contributed by atoms with Gasteiger partial charge in [-0.1, -0.05) is 12.1 Å². The summed E-state index contributed by atoms with van der Waals surface area (Å²) in [6, 6.07) is 7.66. The summed E-state index contributed by atoms with van der Waals surface area (Å²) in [4.78, 5) is 12.0. The number of hydrogen-bond acceptors (Lipinski definition) is 3. The molecule has 1 N–H and O–H groups in total. The van der Waals surface area contributed by atoms with Crippen LogP contribution in [0.4, 0.5) is 5.69 Å². The molecule has 0 unspecified atom stereocenters. The molecule has 1 amide bonds. The van der Waals surface area contributed by atoms with Gasteiger partial charge in [0.05, 0.1) is 18.4 Å². The van der Waals surface area contributed by atoms with E-state index in [1.54, 1.807) is 0 Å². The zero-order valence-electron chi connectivity index (χ0n) is 12.3. The molecule has 0 radical (unpaired) electrons. The van der Waals surface area contributed by atoms with Crippen molar-refractivity contribution in [3.05, 3.63) is 24.3 Å². The maximum atomic E-state index is 12.0. The molecule has 1 heterocycles. The van der Waals surface area contributed by atoms with Crippen molar-refractivity contribution in [1.82, 2.24) is 0 Å². The zero-order chi connectivity index (χ0) is 14.5. The lowest BCUT2D eigenvalue weighted by molar-refractivity contribution is -0.116. The van der Waals surface area contributed by atoms with E-state index in [9.17, 15) is 4.79 Å². The van der Waals surface area contributed by atoms with Crippen molar-refractivity contribution in [1.29, 1.82) is 0 Å². The van der Waals surface area contributed by atoms with Gasteiger partial charge in [-0.2, -0.15) is 0 Å². The van der Waals surface area contributed by atoms with E-state index in [4.69, 9.17) is 9.47 Å². The number of amides is 1. The van der Waals surface area contributed by atoms with E-state index in [0.717, 1.165) is 43.9 Å². The second kappa shape index (κ2) is 6.94. The zero-order valence-corrected chi connectivity index (χ0v) is 12.3. The summed E-state index contributed by atoms with van der Waals surface area (Å²) in [7, 11) is 0. The second-order valence-corrected chi connectivity index (χ2v) is 5.97. The van der Waals surface area contributed by atoms with Crippen molar-refractivity contribution in [2.24, 2.45) is 5.92 Å². The molecule has 0 bridgehead atoms. The van der Waals surface area contributed by atoms with E-state index >= 15 is 0 Å². The van der Waals surface area contributed by atoms with Gasteiger partial charge in [-0.3, -0.25) is 4.79 Å². The first-order valence-corrected chi connectivity index (χ1v) is 7.94. The molecular formula is C17H23NO3. The first-order chi connectivity index (χ1) is 10.3. The Morgan fingerprint density at radius 3 is 2.90 bits per heavy atom.